The number of nitrogens with one attached hydrogen (secondary N) is 1. The highest BCUT2D eigenvalue weighted by atomic mass is 16.3. The lowest BCUT2D eigenvalue weighted by Gasteiger charge is -2.08. The number of carbonyl (C=O) groups excluding carboxylic acids is 1. The molecule has 21 heavy (non-hydrogen) atoms. The summed E-state index contributed by atoms with van der Waals surface area (Å²) in [5.41, 5.74) is 0.945. The lowest BCUT2D eigenvalue weighted by Crippen LogP contribution is -2.15. The van der Waals surface area contributed by atoms with Crippen molar-refractivity contribution in [1.29, 1.82) is 0 Å². The van der Waals surface area contributed by atoms with Crippen LogP contribution in [0.15, 0.2) is 60.8 Å². The molecule has 2 N–H and O–H groups in total. The van der Waals surface area contributed by atoms with Crippen LogP contribution >= 0.6 is 0 Å². The maximum atomic E-state index is 12.1. The fraction of sp³-hybridized carbons (Fsp3) is 0.0588. The van der Waals surface area contributed by atoms with E-state index in [1.807, 2.05) is 42.5 Å². The van der Waals surface area contributed by atoms with E-state index in [-0.39, 0.29) is 23.9 Å². The third-order valence-corrected chi connectivity index (χ3v) is 3.28. The first-order valence-corrected chi connectivity index (χ1v) is 6.64. The fourth-order valence-electron chi connectivity index (χ4n) is 2.29. The second-order valence-corrected chi connectivity index (χ2v) is 4.73. The number of fused-ring (bicyclic) bond motifs is 1. The zero-order valence-corrected chi connectivity index (χ0v) is 11.3. The highest BCUT2D eigenvalue weighted by molar-refractivity contribution is 5.96. The molecule has 0 saturated carbocycles. The van der Waals surface area contributed by atoms with Crippen LogP contribution in [-0.2, 0) is 11.2 Å². The number of pyridine rings is 1. The minimum absolute atomic E-state index is 0.0382. The molecule has 1 heterocycles. The monoisotopic (exact) mass is 278 g/mol. The number of hydrogen-bond acceptors (Lipinski definition) is 3. The number of carbonyl (C=O) groups is 1. The van der Waals surface area contributed by atoms with Crippen LogP contribution in [0.2, 0.25) is 0 Å². The topological polar surface area (TPSA) is 62.2 Å². The first kappa shape index (κ1) is 13.1. The van der Waals surface area contributed by atoms with Crippen molar-refractivity contribution in [3.8, 4) is 5.75 Å². The third kappa shape index (κ3) is 2.84. The number of nitrogens with zero attached hydrogens (tertiary/aromatic N) is 1. The van der Waals surface area contributed by atoms with E-state index in [0.29, 0.717) is 0 Å². The molecule has 0 radical (unpaired) electrons. The van der Waals surface area contributed by atoms with Crippen molar-refractivity contribution in [2.24, 2.45) is 0 Å². The molecule has 3 aromatic rings. The number of amides is 1. The van der Waals surface area contributed by atoms with Gasteiger partial charge in [-0.25, -0.2) is 4.98 Å². The summed E-state index contributed by atoms with van der Waals surface area (Å²) in [6, 6.07) is 16.9. The van der Waals surface area contributed by atoms with Gasteiger partial charge in [-0.15, -0.1) is 0 Å². The Morgan fingerprint density at radius 1 is 1.05 bits per heavy atom. The predicted molar refractivity (Wildman–Crippen MR) is 82.2 cm³/mol. The highest BCUT2D eigenvalue weighted by Gasteiger charge is 2.09. The van der Waals surface area contributed by atoms with Crippen molar-refractivity contribution in [2.45, 2.75) is 6.42 Å². The zero-order valence-electron chi connectivity index (χ0n) is 11.3. The smallest absolute Gasteiger partial charge is 0.230 e. The Hall–Kier alpha value is -2.88. The largest absolute Gasteiger partial charge is 0.504 e. The van der Waals surface area contributed by atoms with Crippen LogP contribution in [0.25, 0.3) is 10.8 Å². The standard InChI is InChI=1S/C17H14N2O2/c20-15-9-4-10-18-17(15)19-16(21)11-13-7-3-6-12-5-1-2-8-14(12)13/h1-10,20H,11H2,(H,18,19,21). The van der Waals surface area contributed by atoms with E-state index < -0.39 is 0 Å². The Balaban J connectivity index is 1.82. The summed E-state index contributed by atoms with van der Waals surface area (Å²) in [5.74, 6) is -0.0631. The van der Waals surface area contributed by atoms with Crippen molar-refractivity contribution in [3.05, 3.63) is 66.4 Å². The molecule has 0 atom stereocenters. The molecule has 0 aliphatic rings. The molecule has 0 saturated heterocycles. The summed E-state index contributed by atoms with van der Waals surface area (Å²) in [6.45, 7) is 0. The fourth-order valence-corrected chi connectivity index (χ4v) is 2.29. The van der Waals surface area contributed by atoms with E-state index in [1.54, 1.807) is 6.07 Å². The first-order chi connectivity index (χ1) is 10.2. The Morgan fingerprint density at radius 3 is 2.71 bits per heavy atom. The molecule has 0 fully saturated rings. The van der Waals surface area contributed by atoms with Crippen molar-refractivity contribution in [1.82, 2.24) is 4.98 Å². The van der Waals surface area contributed by atoms with Crippen molar-refractivity contribution >= 4 is 22.5 Å². The number of aromatic nitrogens is 1. The van der Waals surface area contributed by atoms with Gasteiger partial charge in [-0.05, 0) is 28.5 Å². The number of aromatic hydroxyl groups is 1. The van der Waals surface area contributed by atoms with Gasteiger partial charge in [-0.3, -0.25) is 4.79 Å². The molecule has 0 bridgehead atoms. The van der Waals surface area contributed by atoms with Gasteiger partial charge in [0.15, 0.2) is 11.6 Å². The summed E-state index contributed by atoms with van der Waals surface area (Å²) < 4.78 is 0. The molecule has 4 nitrogen and oxygen atoms in total. The number of benzene rings is 2. The molecular formula is C17H14N2O2. The van der Waals surface area contributed by atoms with Gasteiger partial charge in [-0.1, -0.05) is 42.5 Å². The van der Waals surface area contributed by atoms with E-state index in [4.69, 9.17) is 0 Å². The molecule has 4 heteroatoms. The number of anilines is 1. The van der Waals surface area contributed by atoms with Gasteiger partial charge in [0.05, 0.1) is 6.42 Å². The molecule has 0 unspecified atom stereocenters. The van der Waals surface area contributed by atoms with Gasteiger partial charge in [0.25, 0.3) is 0 Å². The van der Waals surface area contributed by atoms with E-state index in [0.717, 1.165) is 16.3 Å². The van der Waals surface area contributed by atoms with E-state index in [1.165, 1.54) is 12.3 Å². The molecule has 0 spiro atoms. The predicted octanol–water partition coefficient (Wildman–Crippen LogP) is 3.12. The van der Waals surface area contributed by atoms with Crippen LogP contribution in [-0.4, -0.2) is 16.0 Å². The quantitative estimate of drug-likeness (QED) is 0.773. The van der Waals surface area contributed by atoms with Gasteiger partial charge in [0.2, 0.25) is 5.91 Å². The molecule has 0 aliphatic heterocycles. The molecule has 0 aliphatic carbocycles. The molecule has 1 amide bonds. The SMILES string of the molecule is O=C(Cc1cccc2ccccc12)Nc1ncccc1O. The number of rotatable bonds is 3. The average Bonchev–Trinajstić information content (AvgIpc) is 2.50. The summed E-state index contributed by atoms with van der Waals surface area (Å²) in [6.07, 6.45) is 1.75. The second-order valence-electron chi connectivity index (χ2n) is 4.73. The van der Waals surface area contributed by atoms with Gasteiger partial charge in [0, 0.05) is 6.20 Å². The summed E-state index contributed by atoms with van der Waals surface area (Å²) >= 11 is 0. The van der Waals surface area contributed by atoms with Crippen LogP contribution < -0.4 is 5.32 Å². The van der Waals surface area contributed by atoms with Crippen LogP contribution in [0.3, 0.4) is 0 Å². The average molecular weight is 278 g/mol. The molecule has 2 aromatic carbocycles. The first-order valence-electron chi connectivity index (χ1n) is 6.64. The van der Waals surface area contributed by atoms with Crippen LogP contribution in [0, 0.1) is 0 Å². The van der Waals surface area contributed by atoms with Crippen LogP contribution in [0.1, 0.15) is 5.56 Å². The van der Waals surface area contributed by atoms with E-state index in [9.17, 15) is 9.90 Å². The molecular weight excluding hydrogens is 264 g/mol. The minimum Gasteiger partial charge on any atom is -0.504 e. The van der Waals surface area contributed by atoms with Gasteiger partial charge < -0.3 is 10.4 Å². The maximum Gasteiger partial charge on any atom is 0.230 e. The van der Waals surface area contributed by atoms with E-state index >= 15 is 0 Å². The van der Waals surface area contributed by atoms with Crippen molar-refractivity contribution < 1.29 is 9.90 Å². The van der Waals surface area contributed by atoms with Gasteiger partial charge in [0.1, 0.15) is 0 Å². The van der Waals surface area contributed by atoms with E-state index in [2.05, 4.69) is 10.3 Å². The molecule has 3 rings (SSSR count). The maximum absolute atomic E-state index is 12.1. The van der Waals surface area contributed by atoms with Crippen molar-refractivity contribution in [2.75, 3.05) is 5.32 Å². The second kappa shape index (κ2) is 5.63. The Morgan fingerprint density at radius 2 is 1.86 bits per heavy atom. The summed E-state index contributed by atoms with van der Waals surface area (Å²) in [5, 5.41) is 14.4. The van der Waals surface area contributed by atoms with Gasteiger partial charge >= 0.3 is 0 Å². The number of hydrogen-bond donors (Lipinski definition) is 2. The Labute approximate surface area is 122 Å². The Bertz CT molecular complexity index is 794. The molecule has 1 aromatic heterocycles. The minimum atomic E-state index is -0.208. The molecule has 104 valence electrons. The summed E-state index contributed by atoms with van der Waals surface area (Å²) in [4.78, 5) is 16.1. The van der Waals surface area contributed by atoms with Crippen LogP contribution in [0.5, 0.6) is 5.75 Å². The van der Waals surface area contributed by atoms with Crippen LogP contribution in [0.4, 0.5) is 5.82 Å². The third-order valence-electron chi connectivity index (χ3n) is 3.28. The normalized spacial score (nSPS) is 10.5. The van der Waals surface area contributed by atoms with Gasteiger partial charge in [-0.2, -0.15) is 0 Å². The Kier molecular flexibility index (Phi) is 3.51. The lowest BCUT2D eigenvalue weighted by molar-refractivity contribution is -0.115. The zero-order chi connectivity index (χ0) is 14.7. The summed E-state index contributed by atoms with van der Waals surface area (Å²) in [7, 11) is 0. The lowest BCUT2D eigenvalue weighted by atomic mass is 10.0. The highest BCUT2D eigenvalue weighted by Crippen LogP contribution is 2.21. The van der Waals surface area contributed by atoms with Crippen molar-refractivity contribution in [3.63, 3.8) is 0 Å².